The van der Waals surface area contributed by atoms with Crippen molar-refractivity contribution in [3.63, 3.8) is 0 Å². The average Bonchev–Trinajstić information content (AvgIpc) is 3.36. The molecule has 0 radical (unpaired) electrons. The number of aryl methyl sites for hydroxylation is 2. The molecule has 0 aliphatic carbocycles. The quantitative estimate of drug-likeness (QED) is 0.771. The summed E-state index contributed by atoms with van der Waals surface area (Å²) in [6.45, 7) is 9.72. The Morgan fingerprint density at radius 1 is 1.03 bits per heavy atom. The zero-order chi connectivity index (χ0) is 20.5. The minimum Gasteiger partial charge on any atom is -0.368 e. The van der Waals surface area contributed by atoms with Crippen molar-refractivity contribution in [1.82, 2.24) is 25.1 Å². The summed E-state index contributed by atoms with van der Waals surface area (Å²) in [5.41, 5.74) is 3.91. The summed E-state index contributed by atoms with van der Waals surface area (Å²) in [5.74, 6) is 0.181. The summed E-state index contributed by atoms with van der Waals surface area (Å²) in [5, 5.41) is 7.44. The molecule has 0 bridgehead atoms. The van der Waals surface area contributed by atoms with E-state index in [1.165, 1.54) is 0 Å². The number of piperazine rings is 1. The molecule has 0 N–H and O–H groups in total. The molecule has 2 saturated heterocycles. The third-order valence-corrected chi connectivity index (χ3v) is 5.80. The third-order valence-electron chi connectivity index (χ3n) is 5.80. The van der Waals surface area contributed by atoms with Crippen LogP contribution in [-0.2, 0) is 4.79 Å². The van der Waals surface area contributed by atoms with Gasteiger partial charge in [-0.15, -0.1) is 0 Å². The molecule has 1 atom stereocenters. The fraction of sp³-hybridized carbons (Fsp3) is 0.550. The molecule has 9 heteroatoms. The molecule has 0 saturated carbocycles. The Balaban J connectivity index is 1.46. The van der Waals surface area contributed by atoms with Crippen molar-refractivity contribution in [2.75, 3.05) is 44.2 Å². The molecule has 4 heterocycles. The van der Waals surface area contributed by atoms with Crippen LogP contribution in [0.3, 0.4) is 0 Å². The van der Waals surface area contributed by atoms with E-state index in [-0.39, 0.29) is 23.4 Å². The van der Waals surface area contributed by atoms with E-state index in [2.05, 4.69) is 32.0 Å². The molecular weight excluding hydrogens is 372 g/mol. The van der Waals surface area contributed by atoms with Crippen LogP contribution in [0.25, 0.3) is 0 Å². The van der Waals surface area contributed by atoms with Gasteiger partial charge in [0.1, 0.15) is 5.69 Å². The summed E-state index contributed by atoms with van der Waals surface area (Å²) in [6.07, 6.45) is 0.865. The second kappa shape index (κ2) is 7.81. The van der Waals surface area contributed by atoms with E-state index < -0.39 is 0 Å². The van der Waals surface area contributed by atoms with Crippen molar-refractivity contribution in [3.8, 4) is 0 Å². The smallest absolute Gasteiger partial charge is 0.278 e. The van der Waals surface area contributed by atoms with E-state index >= 15 is 0 Å². The van der Waals surface area contributed by atoms with Gasteiger partial charge in [-0.2, -0.15) is 0 Å². The van der Waals surface area contributed by atoms with Crippen molar-refractivity contribution >= 4 is 17.5 Å². The summed E-state index contributed by atoms with van der Waals surface area (Å²) < 4.78 is 4.67. The first-order chi connectivity index (χ1) is 13.9. The number of anilines is 1. The van der Waals surface area contributed by atoms with Gasteiger partial charge in [0.05, 0.1) is 0 Å². The molecule has 2 aromatic rings. The Labute approximate surface area is 169 Å². The van der Waals surface area contributed by atoms with E-state index in [0.717, 1.165) is 49.7 Å². The highest BCUT2D eigenvalue weighted by Gasteiger charge is 2.32. The maximum absolute atomic E-state index is 12.7. The normalized spacial score (nSPS) is 19.7. The fourth-order valence-corrected chi connectivity index (χ4v) is 4.11. The van der Waals surface area contributed by atoms with Gasteiger partial charge in [0, 0.05) is 69.2 Å². The number of carbonyl (C=O) groups is 2. The molecule has 2 aromatic heterocycles. The Morgan fingerprint density at radius 3 is 2.45 bits per heavy atom. The molecule has 29 heavy (non-hydrogen) atoms. The molecule has 0 spiro atoms. The number of hydrogen-bond donors (Lipinski definition) is 0. The Kier molecular flexibility index (Phi) is 5.21. The van der Waals surface area contributed by atoms with Crippen molar-refractivity contribution in [3.05, 3.63) is 34.9 Å². The number of carbonyl (C=O) groups excluding carboxylic acids is 2. The SMILES string of the molecule is CC(=O)N1CCN(c2cc(C)nc(C3CCN(C(=O)c4nonc4C)C3)c2)CC1. The first-order valence-electron chi connectivity index (χ1n) is 10.00. The second-order valence-corrected chi connectivity index (χ2v) is 7.82. The van der Waals surface area contributed by atoms with Gasteiger partial charge in [-0.3, -0.25) is 14.6 Å². The predicted octanol–water partition coefficient (Wildman–Crippen LogP) is 1.38. The van der Waals surface area contributed by atoms with Gasteiger partial charge < -0.3 is 14.7 Å². The van der Waals surface area contributed by atoms with Crippen molar-refractivity contribution in [2.45, 2.75) is 33.1 Å². The summed E-state index contributed by atoms with van der Waals surface area (Å²) in [4.78, 5) is 35.0. The van der Waals surface area contributed by atoms with Crippen LogP contribution in [0.2, 0.25) is 0 Å². The number of hydrogen-bond acceptors (Lipinski definition) is 7. The van der Waals surface area contributed by atoms with Crippen LogP contribution < -0.4 is 4.90 Å². The van der Waals surface area contributed by atoms with Crippen LogP contribution in [0.5, 0.6) is 0 Å². The van der Waals surface area contributed by atoms with Crippen LogP contribution >= 0.6 is 0 Å². The highest BCUT2D eigenvalue weighted by molar-refractivity contribution is 5.93. The largest absolute Gasteiger partial charge is 0.368 e. The molecule has 154 valence electrons. The van der Waals surface area contributed by atoms with Crippen LogP contribution in [0, 0.1) is 13.8 Å². The number of likely N-dealkylation sites (tertiary alicyclic amines) is 1. The lowest BCUT2D eigenvalue weighted by Gasteiger charge is -2.36. The lowest BCUT2D eigenvalue weighted by Crippen LogP contribution is -2.48. The van der Waals surface area contributed by atoms with Crippen LogP contribution in [-0.4, -0.2) is 76.2 Å². The van der Waals surface area contributed by atoms with Gasteiger partial charge in [0.15, 0.2) is 5.69 Å². The van der Waals surface area contributed by atoms with Gasteiger partial charge in [-0.05, 0) is 37.6 Å². The molecule has 2 aliphatic heterocycles. The molecule has 2 fully saturated rings. The summed E-state index contributed by atoms with van der Waals surface area (Å²) in [6, 6.07) is 4.23. The number of rotatable bonds is 3. The van der Waals surface area contributed by atoms with Gasteiger partial charge in [0.25, 0.3) is 5.91 Å². The Morgan fingerprint density at radius 2 is 1.79 bits per heavy atom. The van der Waals surface area contributed by atoms with Gasteiger partial charge in [0.2, 0.25) is 5.91 Å². The topological polar surface area (TPSA) is 95.7 Å². The van der Waals surface area contributed by atoms with Crippen molar-refractivity contribution in [2.24, 2.45) is 0 Å². The lowest BCUT2D eigenvalue weighted by molar-refractivity contribution is -0.129. The van der Waals surface area contributed by atoms with Gasteiger partial charge >= 0.3 is 0 Å². The summed E-state index contributed by atoms with van der Waals surface area (Å²) >= 11 is 0. The number of pyridine rings is 1. The zero-order valence-corrected chi connectivity index (χ0v) is 17.1. The minimum atomic E-state index is -0.139. The number of nitrogens with zero attached hydrogens (tertiary/aromatic N) is 6. The first kappa shape index (κ1) is 19.4. The number of amides is 2. The lowest BCUT2D eigenvalue weighted by atomic mass is 10.0. The van der Waals surface area contributed by atoms with Crippen LogP contribution in [0.4, 0.5) is 5.69 Å². The minimum absolute atomic E-state index is 0.129. The molecule has 2 aliphatic rings. The summed E-state index contributed by atoms with van der Waals surface area (Å²) in [7, 11) is 0. The molecule has 9 nitrogen and oxygen atoms in total. The highest BCUT2D eigenvalue weighted by atomic mass is 16.6. The predicted molar refractivity (Wildman–Crippen MR) is 106 cm³/mol. The fourth-order valence-electron chi connectivity index (χ4n) is 4.11. The van der Waals surface area contributed by atoms with Crippen molar-refractivity contribution in [1.29, 1.82) is 0 Å². The molecule has 0 aromatic carbocycles. The van der Waals surface area contributed by atoms with Crippen molar-refractivity contribution < 1.29 is 14.2 Å². The van der Waals surface area contributed by atoms with Crippen LogP contribution in [0.1, 0.15) is 46.8 Å². The second-order valence-electron chi connectivity index (χ2n) is 7.82. The Bertz CT molecular complexity index is 919. The molecule has 4 rings (SSSR count). The van der Waals surface area contributed by atoms with E-state index in [1.807, 2.05) is 11.8 Å². The third kappa shape index (κ3) is 3.94. The standard InChI is InChI=1S/C20H26N6O3/c1-13-10-17(25-8-6-24(7-9-25)15(3)27)11-18(21-13)16-4-5-26(12-16)20(28)19-14(2)22-29-23-19/h10-11,16H,4-9,12H2,1-3H3. The molecule has 1 unspecified atom stereocenters. The zero-order valence-electron chi connectivity index (χ0n) is 17.1. The average molecular weight is 398 g/mol. The maximum Gasteiger partial charge on any atom is 0.278 e. The van der Waals surface area contributed by atoms with E-state index in [9.17, 15) is 9.59 Å². The van der Waals surface area contributed by atoms with E-state index in [1.54, 1.807) is 18.7 Å². The van der Waals surface area contributed by atoms with E-state index in [0.29, 0.717) is 18.8 Å². The maximum atomic E-state index is 12.7. The highest BCUT2D eigenvalue weighted by Crippen LogP contribution is 2.30. The van der Waals surface area contributed by atoms with Gasteiger partial charge in [-0.1, -0.05) is 5.16 Å². The van der Waals surface area contributed by atoms with Gasteiger partial charge in [-0.25, -0.2) is 4.63 Å². The number of aromatic nitrogens is 3. The Hall–Kier alpha value is -2.97. The first-order valence-corrected chi connectivity index (χ1v) is 10.00. The van der Waals surface area contributed by atoms with Crippen LogP contribution in [0.15, 0.2) is 16.8 Å². The molecular formula is C20H26N6O3. The molecule has 2 amide bonds. The van der Waals surface area contributed by atoms with E-state index in [4.69, 9.17) is 4.98 Å². The monoisotopic (exact) mass is 398 g/mol.